The number of sulfonamides is 1. The van der Waals surface area contributed by atoms with Crippen LogP contribution in [0.5, 0.6) is 0 Å². The SMILES string of the molecule is COC(=O)[C@H](Cc1ccc(C#N)cc1)Nc1nc(NCc2nc3cc(F)ccc3[nH]2)nc(Nc2cccc(CN3CCN(CC4CCN(S(C)(=O)=O)CC4)CC3)c2)n1. The van der Waals surface area contributed by atoms with Gasteiger partial charge in [-0.15, -0.1) is 0 Å². The van der Waals surface area contributed by atoms with E-state index in [2.05, 4.69) is 68.9 Å². The van der Waals surface area contributed by atoms with Crippen molar-refractivity contribution >= 4 is 50.6 Å². The molecular weight excluding hydrogens is 764 g/mol. The number of hydrogen-bond donors (Lipinski definition) is 4. The van der Waals surface area contributed by atoms with Gasteiger partial charge in [-0.1, -0.05) is 24.3 Å². The molecule has 58 heavy (non-hydrogen) atoms. The van der Waals surface area contributed by atoms with Crippen LogP contribution >= 0.6 is 0 Å². The number of carbonyl (C=O) groups is 1. The molecule has 2 saturated heterocycles. The van der Waals surface area contributed by atoms with E-state index in [9.17, 15) is 22.9 Å². The maximum atomic E-state index is 13.8. The molecule has 0 radical (unpaired) electrons. The number of nitrogens with one attached hydrogen (secondary N) is 4. The van der Waals surface area contributed by atoms with Crippen LogP contribution in [0.1, 0.15) is 35.4 Å². The topological polar surface area (TPSA) is 197 Å². The molecule has 0 aliphatic carbocycles. The number of halogens is 1. The van der Waals surface area contributed by atoms with E-state index in [1.165, 1.54) is 25.5 Å². The predicted octanol–water partition coefficient (Wildman–Crippen LogP) is 4.10. The van der Waals surface area contributed by atoms with Gasteiger partial charge in [-0.25, -0.2) is 26.9 Å². The number of benzene rings is 3. The molecule has 16 nitrogen and oxygen atoms in total. The van der Waals surface area contributed by atoms with E-state index < -0.39 is 22.0 Å². The van der Waals surface area contributed by atoms with E-state index in [-0.39, 0.29) is 36.6 Å². The van der Waals surface area contributed by atoms with Gasteiger partial charge in [-0.2, -0.15) is 20.2 Å². The van der Waals surface area contributed by atoms with E-state index in [1.807, 2.05) is 12.1 Å². The molecule has 4 heterocycles. The minimum absolute atomic E-state index is 0.116. The van der Waals surface area contributed by atoms with E-state index in [0.29, 0.717) is 41.4 Å². The van der Waals surface area contributed by atoms with Crippen LogP contribution in [0, 0.1) is 23.1 Å². The lowest BCUT2D eigenvalue weighted by molar-refractivity contribution is -0.141. The summed E-state index contributed by atoms with van der Waals surface area (Å²) in [5, 5.41) is 18.8. The van der Waals surface area contributed by atoms with Gasteiger partial charge < -0.3 is 30.6 Å². The fourth-order valence-electron chi connectivity index (χ4n) is 7.35. The molecule has 7 rings (SSSR count). The van der Waals surface area contributed by atoms with Crippen molar-refractivity contribution in [2.24, 2.45) is 5.92 Å². The van der Waals surface area contributed by atoms with Gasteiger partial charge in [0.05, 0.1) is 42.6 Å². The number of piperazine rings is 1. The largest absolute Gasteiger partial charge is 0.467 e. The molecule has 2 fully saturated rings. The van der Waals surface area contributed by atoms with Crippen LogP contribution in [0.2, 0.25) is 0 Å². The van der Waals surface area contributed by atoms with E-state index in [1.54, 1.807) is 34.6 Å². The number of anilines is 4. The summed E-state index contributed by atoms with van der Waals surface area (Å²) in [6.07, 6.45) is 3.33. The minimum atomic E-state index is -3.12. The van der Waals surface area contributed by atoms with Crippen LogP contribution < -0.4 is 16.0 Å². The molecule has 1 atom stereocenters. The second-order valence-electron chi connectivity index (χ2n) is 14.7. The Bertz CT molecular complexity index is 2360. The molecule has 0 unspecified atom stereocenters. The number of methoxy groups -OCH3 is 1. The molecule has 4 N–H and O–H groups in total. The van der Waals surface area contributed by atoms with E-state index in [0.717, 1.165) is 68.9 Å². The van der Waals surface area contributed by atoms with Crippen LogP contribution in [0.25, 0.3) is 11.0 Å². The molecule has 0 amide bonds. The number of piperidine rings is 1. The number of carbonyl (C=O) groups excluding carboxylic acids is 1. The Morgan fingerprint density at radius 3 is 2.38 bits per heavy atom. The molecule has 0 bridgehead atoms. The van der Waals surface area contributed by atoms with Crippen molar-refractivity contribution < 1.29 is 22.3 Å². The Morgan fingerprint density at radius 1 is 0.931 bits per heavy atom. The van der Waals surface area contributed by atoms with Gasteiger partial charge in [-0.3, -0.25) is 4.90 Å². The molecule has 18 heteroatoms. The average molecular weight is 811 g/mol. The highest BCUT2D eigenvalue weighted by molar-refractivity contribution is 7.88. The second-order valence-corrected chi connectivity index (χ2v) is 16.7. The van der Waals surface area contributed by atoms with Gasteiger partial charge >= 0.3 is 5.97 Å². The number of H-pyrrole nitrogens is 1. The van der Waals surface area contributed by atoms with Crippen LogP contribution in [-0.2, 0) is 39.1 Å². The summed E-state index contributed by atoms with van der Waals surface area (Å²) in [5.74, 6) is 0.691. The fourth-order valence-corrected chi connectivity index (χ4v) is 8.22. The summed E-state index contributed by atoms with van der Waals surface area (Å²) in [6.45, 7) is 6.95. The summed E-state index contributed by atoms with van der Waals surface area (Å²) in [4.78, 5) is 39.3. The number of nitrogens with zero attached hydrogens (tertiary/aromatic N) is 8. The number of esters is 1. The third-order valence-corrected chi connectivity index (χ3v) is 11.8. The van der Waals surface area contributed by atoms with Gasteiger partial charge in [-0.05, 0) is 66.3 Å². The van der Waals surface area contributed by atoms with Gasteiger partial charge in [0.25, 0.3) is 0 Å². The Balaban J connectivity index is 1.02. The molecule has 2 aliphatic heterocycles. The zero-order chi connectivity index (χ0) is 40.6. The highest BCUT2D eigenvalue weighted by Gasteiger charge is 2.27. The number of hydrogen-bond acceptors (Lipinski definition) is 14. The molecular formula is C40H47FN12O4S. The Labute approximate surface area is 336 Å². The number of aromatic amines is 1. The Hall–Kier alpha value is -5.74. The van der Waals surface area contributed by atoms with E-state index >= 15 is 0 Å². The summed E-state index contributed by atoms with van der Waals surface area (Å²) >= 11 is 0. The quantitative estimate of drug-likeness (QED) is 0.110. The van der Waals surface area contributed by atoms with Crippen molar-refractivity contribution in [2.45, 2.75) is 38.4 Å². The molecule has 304 valence electrons. The lowest BCUT2D eigenvalue weighted by atomic mass is 9.97. The summed E-state index contributed by atoms with van der Waals surface area (Å²) in [7, 11) is -1.81. The number of rotatable bonds is 15. The van der Waals surface area contributed by atoms with Crippen molar-refractivity contribution in [3.63, 3.8) is 0 Å². The smallest absolute Gasteiger partial charge is 0.328 e. The fraction of sp³-hybridized carbons (Fsp3) is 0.400. The lowest BCUT2D eigenvalue weighted by Gasteiger charge is -2.38. The Kier molecular flexibility index (Phi) is 12.7. The molecule has 3 aromatic carbocycles. The first-order valence-corrected chi connectivity index (χ1v) is 21.1. The average Bonchev–Trinajstić information content (AvgIpc) is 3.62. The standard InChI is InChI=1S/C40H47FN12O4S/c1-57-37(54)35(21-27-6-8-28(23-42)9-7-27)47-40-49-38(43-24-36-45-33-11-10-31(41)22-34(33)46-36)48-39(50-40)44-32-5-3-4-30(20-32)26-52-18-16-51(17-19-52)25-29-12-14-53(15-13-29)58(2,55)56/h3-11,20,22,29,35H,12-19,21,24-26H2,1-2H3,(H,45,46)(H3,43,44,47,48,49,50)/t35-/m0/s1. The van der Waals surface area contributed by atoms with Crippen molar-refractivity contribution in [3.8, 4) is 6.07 Å². The first-order chi connectivity index (χ1) is 28.0. The molecule has 2 aliphatic rings. The third-order valence-electron chi connectivity index (χ3n) is 10.5. The zero-order valence-corrected chi connectivity index (χ0v) is 33.3. The van der Waals surface area contributed by atoms with Gasteiger partial charge in [0.1, 0.15) is 17.7 Å². The normalized spacial score (nSPS) is 16.4. The van der Waals surface area contributed by atoms with Crippen LogP contribution in [-0.4, -0.2) is 119 Å². The first kappa shape index (κ1) is 40.5. The maximum Gasteiger partial charge on any atom is 0.328 e. The van der Waals surface area contributed by atoms with Crippen LogP contribution in [0.15, 0.2) is 66.7 Å². The third kappa shape index (κ3) is 10.8. The zero-order valence-electron chi connectivity index (χ0n) is 32.5. The van der Waals surface area contributed by atoms with Crippen molar-refractivity contribution in [1.82, 2.24) is 39.0 Å². The molecule has 5 aromatic rings. The number of ether oxygens (including phenoxy) is 1. The van der Waals surface area contributed by atoms with Crippen LogP contribution in [0.3, 0.4) is 0 Å². The maximum absolute atomic E-state index is 13.8. The van der Waals surface area contributed by atoms with Gasteiger partial charge in [0.2, 0.25) is 27.9 Å². The number of aromatic nitrogens is 5. The lowest BCUT2D eigenvalue weighted by Crippen LogP contribution is -2.48. The predicted molar refractivity (Wildman–Crippen MR) is 218 cm³/mol. The monoisotopic (exact) mass is 810 g/mol. The minimum Gasteiger partial charge on any atom is -0.467 e. The first-order valence-electron chi connectivity index (χ1n) is 19.2. The second kappa shape index (κ2) is 18.2. The Morgan fingerprint density at radius 2 is 1.66 bits per heavy atom. The highest BCUT2D eigenvalue weighted by atomic mass is 32.2. The van der Waals surface area contributed by atoms with Crippen LogP contribution in [0.4, 0.5) is 27.9 Å². The van der Waals surface area contributed by atoms with Crippen molar-refractivity contribution in [1.29, 1.82) is 5.26 Å². The summed E-state index contributed by atoms with van der Waals surface area (Å²) in [5.41, 5.74) is 4.38. The van der Waals surface area contributed by atoms with Crippen molar-refractivity contribution in [2.75, 3.05) is 75.1 Å². The van der Waals surface area contributed by atoms with Crippen molar-refractivity contribution in [3.05, 3.63) is 95.1 Å². The van der Waals surface area contributed by atoms with E-state index in [4.69, 9.17) is 4.74 Å². The number of imidazole rings is 1. The number of nitriles is 1. The summed E-state index contributed by atoms with van der Waals surface area (Å²) < 4.78 is 44.3. The molecule has 0 spiro atoms. The van der Waals surface area contributed by atoms with Gasteiger partial charge in [0, 0.05) is 70.5 Å². The number of fused-ring (bicyclic) bond motifs is 1. The highest BCUT2D eigenvalue weighted by Crippen LogP contribution is 2.23. The molecule has 0 saturated carbocycles. The molecule has 2 aromatic heterocycles. The summed E-state index contributed by atoms with van der Waals surface area (Å²) in [6, 6.07) is 20.6. The van der Waals surface area contributed by atoms with Gasteiger partial charge in [0.15, 0.2) is 0 Å².